The average molecular weight is 373 g/mol. The zero-order chi connectivity index (χ0) is 16.1. The van der Waals surface area contributed by atoms with Gasteiger partial charge in [-0.1, -0.05) is 15.9 Å². The Kier molecular flexibility index (Phi) is 5.76. The van der Waals surface area contributed by atoms with E-state index < -0.39 is 6.04 Å². The summed E-state index contributed by atoms with van der Waals surface area (Å²) in [7, 11) is 1.48. The summed E-state index contributed by atoms with van der Waals surface area (Å²) in [4.78, 5) is 25.4. The minimum atomic E-state index is -0.502. The lowest BCUT2D eigenvalue weighted by atomic mass is 10.2. The summed E-state index contributed by atoms with van der Waals surface area (Å²) in [6, 6.07) is 4.72. The average Bonchev–Trinajstić information content (AvgIpc) is 2.49. The highest BCUT2D eigenvalue weighted by atomic mass is 79.9. The van der Waals surface area contributed by atoms with Gasteiger partial charge in [-0.2, -0.15) is 0 Å². The van der Waals surface area contributed by atoms with E-state index in [1.54, 1.807) is 18.2 Å². The summed E-state index contributed by atoms with van der Waals surface area (Å²) in [6.07, 6.45) is 0. The highest BCUT2D eigenvalue weighted by Gasteiger charge is 2.28. The Morgan fingerprint density at radius 2 is 2.36 bits per heavy atom. The van der Waals surface area contributed by atoms with Gasteiger partial charge in [0.2, 0.25) is 5.91 Å². The van der Waals surface area contributed by atoms with E-state index in [2.05, 4.69) is 21.2 Å². The molecule has 0 saturated heterocycles. The summed E-state index contributed by atoms with van der Waals surface area (Å²) in [5.41, 5.74) is 0.543. The predicted molar refractivity (Wildman–Crippen MR) is 82.9 cm³/mol. The van der Waals surface area contributed by atoms with Gasteiger partial charge in [-0.25, -0.2) is 0 Å². The Balaban J connectivity index is 2.09. The molecule has 0 aliphatic carbocycles. The van der Waals surface area contributed by atoms with Crippen LogP contribution in [0.3, 0.4) is 0 Å². The lowest BCUT2D eigenvalue weighted by Gasteiger charge is -2.29. The second-order valence-electron chi connectivity index (χ2n) is 4.78. The zero-order valence-electron chi connectivity index (χ0n) is 12.0. The highest BCUT2D eigenvalue weighted by Crippen LogP contribution is 2.34. The molecule has 0 radical (unpaired) electrons. The maximum atomic E-state index is 12.1. The molecular weight excluding hydrogens is 356 g/mol. The van der Waals surface area contributed by atoms with Crippen LogP contribution in [0.2, 0.25) is 0 Å². The van der Waals surface area contributed by atoms with E-state index >= 15 is 0 Å². The minimum Gasteiger partial charge on any atom is -0.482 e. The van der Waals surface area contributed by atoms with Crippen molar-refractivity contribution in [1.29, 1.82) is 0 Å². The predicted octanol–water partition coefficient (Wildman–Crippen LogP) is 0.298. The molecule has 1 aliphatic heterocycles. The maximum absolute atomic E-state index is 12.1. The number of aliphatic hydroxyl groups is 1. The molecule has 0 saturated carbocycles. The van der Waals surface area contributed by atoms with Crippen LogP contribution >= 0.6 is 15.9 Å². The first-order valence-electron chi connectivity index (χ1n) is 6.67. The highest BCUT2D eigenvalue weighted by molar-refractivity contribution is 9.10. The molecule has 7 nitrogen and oxygen atoms in total. The topological polar surface area (TPSA) is 88.1 Å². The summed E-state index contributed by atoms with van der Waals surface area (Å²) in [6.45, 7) is -0.293. The number of rotatable bonds is 6. The molecule has 1 aromatic rings. The third kappa shape index (κ3) is 3.96. The zero-order valence-corrected chi connectivity index (χ0v) is 13.6. The fourth-order valence-electron chi connectivity index (χ4n) is 2.11. The number of halogens is 1. The molecule has 0 spiro atoms. The van der Waals surface area contributed by atoms with Gasteiger partial charge >= 0.3 is 0 Å². The Bertz CT molecular complexity index is 566. The second-order valence-corrected chi connectivity index (χ2v) is 5.70. The fourth-order valence-corrected chi connectivity index (χ4v) is 2.45. The summed E-state index contributed by atoms with van der Waals surface area (Å²) >= 11 is 3.33. The smallest absolute Gasteiger partial charge is 0.265 e. The van der Waals surface area contributed by atoms with Gasteiger partial charge in [0.15, 0.2) is 6.61 Å². The molecule has 0 aromatic heterocycles. The fraction of sp³-hybridized carbons (Fsp3) is 0.429. The van der Waals surface area contributed by atoms with E-state index in [1.165, 1.54) is 12.0 Å². The van der Waals surface area contributed by atoms with Gasteiger partial charge in [0.05, 0.1) is 24.9 Å². The monoisotopic (exact) mass is 372 g/mol. The van der Waals surface area contributed by atoms with Crippen molar-refractivity contribution in [2.75, 3.05) is 38.4 Å². The van der Waals surface area contributed by atoms with Crippen LogP contribution < -0.4 is 15.0 Å². The molecule has 1 atom stereocenters. The summed E-state index contributed by atoms with van der Waals surface area (Å²) in [5.74, 6) is -0.130. The number of carbonyl (C=O) groups is 2. The van der Waals surface area contributed by atoms with Gasteiger partial charge in [0.25, 0.3) is 5.91 Å². The van der Waals surface area contributed by atoms with Crippen LogP contribution in [0.4, 0.5) is 5.69 Å². The first-order chi connectivity index (χ1) is 10.5. The molecule has 1 heterocycles. The van der Waals surface area contributed by atoms with Crippen LogP contribution in [0.15, 0.2) is 22.7 Å². The van der Waals surface area contributed by atoms with Crippen molar-refractivity contribution in [3.05, 3.63) is 22.7 Å². The van der Waals surface area contributed by atoms with Crippen molar-refractivity contribution in [3.63, 3.8) is 0 Å². The van der Waals surface area contributed by atoms with Crippen molar-refractivity contribution in [2.24, 2.45) is 0 Å². The van der Waals surface area contributed by atoms with E-state index in [0.29, 0.717) is 11.4 Å². The molecule has 1 aliphatic rings. The van der Waals surface area contributed by atoms with Crippen LogP contribution in [0.25, 0.3) is 0 Å². The Labute approximate surface area is 136 Å². The number of hydrogen-bond donors (Lipinski definition) is 2. The molecule has 0 fully saturated rings. The Morgan fingerprint density at radius 1 is 1.59 bits per heavy atom. The molecule has 0 unspecified atom stereocenters. The Hall–Kier alpha value is -1.64. The van der Waals surface area contributed by atoms with Gasteiger partial charge in [0, 0.05) is 11.6 Å². The normalized spacial score (nSPS) is 15.0. The number of methoxy groups -OCH3 is 1. The van der Waals surface area contributed by atoms with E-state index in [-0.39, 0.29) is 38.2 Å². The number of anilines is 1. The molecule has 2 rings (SSSR count). The molecular formula is C14H17BrN2O5. The van der Waals surface area contributed by atoms with Crippen LogP contribution in [0, 0.1) is 0 Å². The van der Waals surface area contributed by atoms with Gasteiger partial charge in [0.1, 0.15) is 12.3 Å². The molecule has 8 heteroatoms. The largest absolute Gasteiger partial charge is 0.482 e. The van der Waals surface area contributed by atoms with E-state index in [9.17, 15) is 9.59 Å². The number of benzene rings is 1. The number of nitrogens with one attached hydrogen (secondary N) is 1. The van der Waals surface area contributed by atoms with E-state index in [0.717, 1.165) is 4.47 Å². The first kappa shape index (κ1) is 16.7. The lowest BCUT2D eigenvalue weighted by molar-refractivity contribution is -0.126. The number of hydrogen-bond acceptors (Lipinski definition) is 5. The number of ether oxygens (including phenoxy) is 2. The van der Waals surface area contributed by atoms with Crippen molar-refractivity contribution >= 4 is 33.4 Å². The standard InChI is InChI=1S/C14H17BrN2O5/c1-21-7-10(6-18)16-13(19)5-17-11-3-2-9(15)4-12(11)22-8-14(17)20/h2-4,10,18H,5-8H2,1H3,(H,16,19)/t10-/m0/s1. The van der Waals surface area contributed by atoms with Gasteiger partial charge < -0.3 is 19.9 Å². The van der Waals surface area contributed by atoms with Crippen molar-refractivity contribution in [2.45, 2.75) is 6.04 Å². The number of amides is 2. The molecule has 0 bridgehead atoms. The first-order valence-corrected chi connectivity index (χ1v) is 7.46. The van der Waals surface area contributed by atoms with Crippen LogP contribution in [-0.4, -0.2) is 56.4 Å². The quantitative estimate of drug-likeness (QED) is 0.749. The van der Waals surface area contributed by atoms with Crippen molar-refractivity contribution in [1.82, 2.24) is 5.32 Å². The van der Waals surface area contributed by atoms with Gasteiger partial charge in [-0.05, 0) is 18.2 Å². The van der Waals surface area contributed by atoms with E-state index in [1.807, 2.05) is 0 Å². The molecule has 2 amide bonds. The molecule has 22 heavy (non-hydrogen) atoms. The number of nitrogens with zero attached hydrogens (tertiary/aromatic N) is 1. The van der Waals surface area contributed by atoms with Crippen LogP contribution in [0.1, 0.15) is 0 Å². The molecule has 1 aromatic carbocycles. The number of carbonyl (C=O) groups excluding carboxylic acids is 2. The van der Waals surface area contributed by atoms with Crippen molar-refractivity contribution < 1.29 is 24.2 Å². The van der Waals surface area contributed by atoms with E-state index in [4.69, 9.17) is 14.6 Å². The molecule has 2 N–H and O–H groups in total. The third-order valence-corrected chi connectivity index (χ3v) is 3.61. The number of aliphatic hydroxyl groups excluding tert-OH is 1. The van der Waals surface area contributed by atoms with Crippen LogP contribution in [-0.2, 0) is 14.3 Å². The van der Waals surface area contributed by atoms with Gasteiger partial charge in [-0.3, -0.25) is 14.5 Å². The Morgan fingerprint density at radius 3 is 3.05 bits per heavy atom. The summed E-state index contributed by atoms with van der Waals surface area (Å²) in [5, 5.41) is 11.8. The molecule has 120 valence electrons. The minimum absolute atomic E-state index is 0.113. The van der Waals surface area contributed by atoms with Crippen LogP contribution in [0.5, 0.6) is 5.75 Å². The third-order valence-electron chi connectivity index (χ3n) is 3.12. The maximum Gasteiger partial charge on any atom is 0.265 e. The SMILES string of the molecule is COC[C@H](CO)NC(=O)CN1C(=O)COc2cc(Br)ccc21. The number of fused-ring (bicyclic) bond motifs is 1. The van der Waals surface area contributed by atoms with Gasteiger partial charge in [-0.15, -0.1) is 0 Å². The second kappa shape index (κ2) is 7.57. The van der Waals surface area contributed by atoms with Crippen molar-refractivity contribution in [3.8, 4) is 5.75 Å². The lowest BCUT2D eigenvalue weighted by Crippen LogP contribution is -2.49. The summed E-state index contributed by atoms with van der Waals surface area (Å²) < 4.78 is 11.1.